The minimum Gasteiger partial charge on any atom is -0.434 e. The van der Waals surface area contributed by atoms with E-state index in [1.54, 1.807) is 6.07 Å². The molecule has 0 aliphatic rings. The van der Waals surface area contributed by atoms with Crippen molar-refractivity contribution in [3.63, 3.8) is 0 Å². The van der Waals surface area contributed by atoms with Crippen molar-refractivity contribution in [1.29, 1.82) is 0 Å². The van der Waals surface area contributed by atoms with Gasteiger partial charge < -0.3 is 9.47 Å². The van der Waals surface area contributed by atoms with Crippen LogP contribution in [0.4, 0.5) is 4.79 Å². The lowest BCUT2D eigenvalue weighted by molar-refractivity contribution is 0.0883. The largest absolute Gasteiger partial charge is 0.513 e. The van der Waals surface area contributed by atoms with Gasteiger partial charge in [-0.2, -0.15) is 0 Å². The van der Waals surface area contributed by atoms with E-state index < -0.39 is 6.16 Å². The number of ether oxygens (including phenoxy) is 2. The zero-order chi connectivity index (χ0) is 11.3. The molecule has 3 heteroatoms. The van der Waals surface area contributed by atoms with Crippen LogP contribution in [-0.2, 0) is 4.74 Å². The molecule has 0 N–H and O–H groups in total. The smallest absolute Gasteiger partial charge is 0.434 e. The Kier molecular flexibility index (Phi) is 4.16. The molecular weight excluding hydrogens is 192 g/mol. The van der Waals surface area contributed by atoms with Crippen LogP contribution in [0, 0.1) is 12.8 Å². The minimum absolute atomic E-state index is 0.314. The SMILES string of the molecule is Cc1ccccc1OC(=O)OCC(C)C. The first-order valence-corrected chi connectivity index (χ1v) is 5.00. The number of aryl methyl sites for hydroxylation is 1. The van der Waals surface area contributed by atoms with E-state index in [9.17, 15) is 4.79 Å². The molecule has 82 valence electrons. The molecule has 0 aliphatic heterocycles. The van der Waals surface area contributed by atoms with Gasteiger partial charge in [0.25, 0.3) is 0 Å². The highest BCUT2D eigenvalue weighted by atomic mass is 16.7. The van der Waals surface area contributed by atoms with Gasteiger partial charge in [0.2, 0.25) is 0 Å². The molecule has 0 unspecified atom stereocenters. The molecule has 0 saturated heterocycles. The van der Waals surface area contributed by atoms with Gasteiger partial charge in [-0.3, -0.25) is 0 Å². The van der Waals surface area contributed by atoms with Gasteiger partial charge in [-0.25, -0.2) is 4.79 Å². The maximum absolute atomic E-state index is 11.2. The Morgan fingerprint density at radius 2 is 2.00 bits per heavy atom. The Morgan fingerprint density at radius 3 is 2.60 bits per heavy atom. The normalized spacial score (nSPS) is 10.1. The van der Waals surface area contributed by atoms with Crippen molar-refractivity contribution in [2.24, 2.45) is 5.92 Å². The standard InChI is InChI=1S/C12H16O3/c1-9(2)8-14-12(13)15-11-7-5-4-6-10(11)3/h4-7,9H,8H2,1-3H3. The molecule has 3 nitrogen and oxygen atoms in total. The molecule has 0 bridgehead atoms. The summed E-state index contributed by atoms with van der Waals surface area (Å²) in [5, 5.41) is 0. The molecule has 15 heavy (non-hydrogen) atoms. The number of benzene rings is 1. The van der Waals surface area contributed by atoms with E-state index >= 15 is 0 Å². The van der Waals surface area contributed by atoms with E-state index in [-0.39, 0.29) is 0 Å². The zero-order valence-corrected chi connectivity index (χ0v) is 9.32. The molecule has 1 rings (SSSR count). The number of carbonyl (C=O) groups is 1. The quantitative estimate of drug-likeness (QED) is 0.565. The summed E-state index contributed by atoms with van der Waals surface area (Å²) < 4.78 is 9.94. The van der Waals surface area contributed by atoms with Gasteiger partial charge in [-0.15, -0.1) is 0 Å². The van der Waals surface area contributed by atoms with Gasteiger partial charge in [-0.1, -0.05) is 32.0 Å². The van der Waals surface area contributed by atoms with Crippen molar-refractivity contribution in [2.45, 2.75) is 20.8 Å². The Balaban J connectivity index is 2.48. The third-order valence-electron chi connectivity index (χ3n) is 1.82. The van der Waals surface area contributed by atoms with Gasteiger partial charge >= 0.3 is 6.16 Å². The first-order chi connectivity index (χ1) is 7.09. The minimum atomic E-state index is -0.641. The Bertz CT molecular complexity index is 331. The summed E-state index contributed by atoms with van der Waals surface area (Å²) in [7, 11) is 0. The lowest BCUT2D eigenvalue weighted by atomic mass is 10.2. The van der Waals surface area contributed by atoms with Crippen molar-refractivity contribution in [1.82, 2.24) is 0 Å². The number of carbonyl (C=O) groups excluding carboxylic acids is 1. The second-order valence-corrected chi connectivity index (χ2v) is 3.82. The van der Waals surface area contributed by atoms with E-state index in [0.717, 1.165) is 5.56 Å². The third kappa shape index (κ3) is 4.02. The Morgan fingerprint density at radius 1 is 1.33 bits per heavy atom. The van der Waals surface area contributed by atoms with Crippen LogP contribution < -0.4 is 4.74 Å². The molecule has 0 aromatic heterocycles. The maximum atomic E-state index is 11.2. The fraction of sp³-hybridized carbons (Fsp3) is 0.417. The molecule has 0 heterocycles. The van der Waals surface area contributed by atoms with Crippen LogP contribution in [0.25, 0.3) is 0 Å². The number of rotatable bonds is 3. The lowest BCUT2D eigenvalue weighted by Gasteiger charge is -2.08. The molecule has 0 amide bonds. The molecule has 0 atom stereocenters. The molecule has 0 radical (unpaired) electrons. The van der Waals surface area contributed by atoms with Gasteiger partial charge in [0.15, 0.2) is 0 Å². The summed E-state index contributed by atoms with van der Waals surface area (Å²) in [4.78, 5) is 11.2. The third-order valence-corrected chi connectivity index (χ3v) is 1.82. The Hall–Kier alpha value is -1.51. The molecule has 0 fully saturated rings. The zero-order valence-electron chi connectivity index (χ0n) is 9.32. The fourth-order valence-electron chi connectivity index (χ4n) is 1.02. The van der Waals surface area contributed by atoms with E-state index in [1.807, 2.05) is 39.0 Å². The van der Waals surface area contributed by atoms with Crippen LogP contribution in [-0.4, -0.2) is 12.8 Å². The van der Waals surface area contributed by atoms with Crippen LogP contribution in [0.15, 0.2) is 24.3 Å². The van der Waals surface area contributed by atoms with E-state index in [4.69, 9.17) is 9.47 Å². The van der Waals surface area contributed by atoms with Crippen LogP contribution in [0.3, 0.4) is 0 Å². The van der Waals surface area contributed by atoms with Crippen molar-refractivity contribution in [2.75, 3.05) is 6.61 Å². The highest BCUT2D eigenvalue weighted by Gasteiger charge is 2.08. The predicted molar refractivity (Wildman–Crippen MR) is 58.0 cm³/mol. The summed E-state index contributed by atoms with van der Waals surface area (Å²) in [5.74, 6) is 0.862. The molecule has 1 aromatic rings. The van der Waals surface area contributed by atoms with Gasteiger partial charge in [0.05, 0.1) is 6.61 Å². The van der Waals surface area contributed by atoms with Gasteiger partial charge in [0.1, 0.15) is 5.75 Å². The molecule has 0 aliphatic carbocycles. The first-order valence-electron chi connectivity index (χ1n) is 5.00. The number of hydrogen-bond donors (Lipinski definition) is 0. The van der Waals surface area contributed by atoms with Crippen LogP contribution in [0.1, 0.15) is 19.4 Å². The van der Waals surface area contributed by atoms with Crippen LogP contribution in [0.2, 0.25) is 0 Å². The van der Waals surface area contributed by atoms with Crippen molar-refractivity contribution in [3.05, 3.63) is 29.8 Å². The van der Waals surface area contributed by atoms with Crippen molar-refractivity contribution in [3.8, 4) is 5.75 Å². The van der Waals surface area contributed by atoms with Crippen molar-refractivity contribution >= 4 is 6.16 Å². The van der Waals surface area contributed by atoms with Gasteiger partial charge in [0, 0.05) is 0 Å². The highest BCUT2D eigenvalue weighted by Crippen LogP contribution is 2.16. The lowest BCUT2D eigenvalue weighted by Crippen LogP contribution is -2.14. The topological polar surface area (TPSA) is 35.5 Å². The van der Waals surface area contributed by atoms with E-state index in [1.165, 1.54) is 0 Å². The molecule has 0 spiro atoms. The fourth-order valence-corrected chi connectivity index (χ4v) is 1.02. The Labute approximate surface area is 90.0 Å². The first kappa shape index (κ1) is 11.6. The summed E-state index contributed by atoms with van der Waals surface area (Å²) in [6, 6.07) is 7.33. The average Bonchev–Trinajstić information content (AvgIpc) is 2.18. The molecule has 0 saturated carbocycles. The number of para-hydroxylation sites is 1. The predicted octanol–water partition coefficient (Wildman–Crippen LogP) is 3.17. The summed E-state index contributed by atoms with van der Waals surface area (Å²) >= 11 is 0. The average molecular weight is 208 g/mol. The monoisotopic (exact) mass is 208 g/mol. The summed E-state index contributed by atoms with van der Waals surface area (Å²) in [5.41, 5.74) is 0.916. The molecular formula is C12H16O3. The number of hydrogen-bond acceptors (Lipinski definition) is 3. The van der Waals surface area contributed by atoms with E-state index in [0.29, 0.717) is 18.3 Å². The summed E-state index contributed by atoms with van der Waals surface area (Å²) in [6.45, 7) is 6.21. The maximum Gasteiger partial charge on any atom is 0.513 e. The van der Waals surface area contributed by atoms with E-state index in [2.05, 4.69) is 0 Å². The highest BCUT2D eigenvalue weighted by molar-refractivity contribution is 5.64. The second kappa shape index (κ2) is 5.39. The second-order valence-electron chi connectivity index (χ2n) is 3.82. The van der Waals surface area contributed by atoms with Crippen molar-refractivity contribution < 1.29 is 14.3 Å². The van der Waals surface area contributed by atoms with Gasteiger partial charge in [-0.05, 0) is 24.5 Å². The van der Waals surface area contributed by atoms with Crippen LogP contribution in [0.5, 0.6) is 5.75 Å². The molecule has 1 aromatic carbocycles. The van der Waals surface area contributed by atoms with Crippen LogP contribution >= 0.6 is 0 Å². The summed E-state index contributed by atoms with van der Waals surface area (Å²) in [6.07, 6.45) is -0.641.